The Morgan fingerprint density at radius 2 is 2.27 bits per heavy atom. The standard InChI is InChI=1S/C8H13NO2/c1-5-3-8(6(2)11-5)4-7(10)9-8/h5-6H,3-4H2,1-2H3,(H,9,10). The molecule has 1 spiro atoms. The number of β-lactam (4-membered cyclic amide) rings is 1. The minimum absolute atomic E-state index is 0.00347. The molecule has 3 unspecified atom stereocenters. The fourth-order valence-electron chi connectivity index (χ4n) is 2.12. The summed E-state index contributed by atoms with van der Waals surface area (Å²) in [6.07, 6.45) is 2.11. The second kappa shape index (κ2) is 1.97. The number of amides is 1. The van der Waals surface area contributed by atoms with Crippen molar-refractivity contribution in [1.82, 2.24) is 5.32 Å². The first-order valence-electron chi connectivity index (χ1n) is 4.09. The molecule has 0 aliphatic carbocycles. The van der Waals surface area contributed by atoms with Gasteiger partial charge in [0.15, 0.2) is 0 Å². The number of ether oxygens (including phenoxy) is 1. The average molecular weight is 155 g/mol. The molecule has 2 heterocycles. The molecular weight excluding hydrogens is 142 g/mol. The van der Waals surface area contributed by atoms with E-state index in [2.05, 4.69) is 12.2 Å². The average Bonchev–Trinajstić information content (AvgIpc) is 2.06. The second-order valence-corrected chi connectivity index (χ2v) is 3.67. The molecule has 11 heavy (non-hydrogen) atoms. The predicted octanol–water partition coefficient (Wildman–Crippen LogP) is 0.442. The molecule has 0 radical (unpaired) electrons. The molecule has 0 aromatic heterocycles. The lowest BCUT2D eigenvalue weighted by atomic mass is 9.80. The van der Waals surface area contributed by atoms with Gasteiger partial charge in [0.25, 0.3) is 0 Å². The second-order valence-electron chi connectivity index (χ2n) is 3.67. The summed E-state index contributed by atoms with van der Waals surface area (Å²) in [5.41, 5.74) is -0.00347. The van der Waals surface area contributed by atoms with E-state index in [1.807, 2.05) is 6.92 Å². The molecule has 1 N–H and O–H groups in total. The van der Waals surface area contributed by atoms with Crippen molar-refractivity contribution in [3.8, 4) is 0 Å². The maximum Gasteiger partial charge on any atom is 0.222 e. The maximum absolute atomic E-state index is 10.7. The third-order valence-electron chi connectivity index (χ3n) is 2.73. The summed E-state index contributed by atoms with van der Waals surface area (Å²) in [6, 6.07) is 0. The summed E-state index contributed by atoms with van der Waals surface area (Å²) in [5.74, 6) is 0.162. The summed E-state index contributed by atoms with van der Waals surface area (Å²) >= 11 is 0. The topological polar surface area (TPSA) is 38.3 Å². The molecule has 2 aliphatic heterocycles. The molecular formula is C8H13NO2. The van der Waals surface area contributed by atoms with Crippen LogP contribution in [0.5, 0.6) is 0 Å². The van der Waals surface area contributed by atoms with Crippen LogP contribution in [-0.4, -0.2) is 23.7 Å². The van der Waals surface area contributed by atoms with Gasteiger partial charge in [0.1, 0.15) is 0 Å². The minimum atomic E-state index is -0.00347. The molecule has 0 saturated carbocycles. The SMILES string of the molecule is CC1CC2(CC(=O)N2)C(C)O1. The highest BCUT2D eigenvalue weighted by atomic mass is 16.5. The molecule has 2 aliphatic rings. The van der Waals surface area contributed by atoms with Crippen LogP contribution in [0.3, 0.4) is 0 Å². The van der Waals surface area contributed by atoms with Gasteiger partial charge in [0.05, 0.1) is 24.2 Å². The quantitative estimate of drug-likeness (QED) is 0.515. The van der Waals surface area contributed by atoms with Crippen molar-refractivity contribution in [3.05, 3.63) is 0 Å². The van der Waals surface area contributed by atoms with Gasteiger partial charge in [-0.1, -0.05) is 0 Å². The first-order chi connectivity index (χ1) is 5.12. The zero-order valence-electron chi connectivity index (χ0n) is 6.89. The van der Waals surface area contributed by atoms with Crippen LogP contribution < -0.4 is 5.32 Å². The Kier molecular flexibility index (Phi) is 1.27. The van der Waals surface area contributed by atoms with Crippen molar-refractivity contribution in [3.63, 3.8) is 0 Å². The van der Waals surface area contributed by atoms with Crippen LogP contribution >= 0.6 is 0 Å². The third kappa shape index (κ3) is 0.872. The van der Waals surface area contributed by atoms with E-state index in [1.54, 1.807) is 0 Å². The van der Waals surface area contributed by atoms with Crippen LogP contribution in [0.1, 0.15) is 26.7 Å². The number of nitrogens with one attached hydrogen (secondary N) is 1. The Morgan fingerprint density at radius 3 is 2.64 bits per heavy atom. The van der Waals surface area contributed by atoms with Crippen molar-refractivity contribution < 1.29 is 9.53 Å². The summed E-state index contributed by atoms with van der Waals surface area (Å²) < 4.78 is 5.55. The van der Waals surface area contributed by atoms with E-state index in [0.717, 1.165) is 6.42 Å². The maximum atomic E-state index is 10.7. The predicted molar refractivity (Wildman–Crippen MR) is 40.1 cm³/mol. The van der Waals surface area contributed by atoms with Crippen LogP contribution in [0, 0.1) is 0 Å². The van der Waals surface area contributed by atoms with E-state index in [1.165, 1.54) is 0 Å². The van der Waals surface area contributed by atoms with E-state index in [0.29, 0.717) is 12.5 Å². The highest BCUT2D eigenvalue weighted by molar-refractivity contribution is 5.85. The molecule has 0 aromatic carbocycles. The number of carbonyl (C=O) groups is 1. The molecule has 3 nitrogen and oxygen atoms in total. The van der Waals surface area contributed by atoms with E-state index in [9.17, 15) is 4.79 Å². The van der Waals surface area contributed by atoms with Crippen LogP contribution in [0.15, 0.2) is 0 Å². The minimum Gasteiger partial charge on any atom is -0.373 e. The third-order valence-corrected chi connectivity index (χ3v) is 2.73. The van der Waals surface area contributed by atoms with Crippen LogP contribution in [0.25, 0.3) is 0 Å². The zero-order valence-corrected chi connectivity index (χ0v) is 6.89. The van der Waals surface area contributed by atoms with E-state index in [-0.39, 0.29) is 17.6 Å². The highest BCUT2D eigenvalue weighted by Gasteiger charge is 2.52. The molecule has 1 amide bonds. The fraction of sp³-hybridized carbons (Fsp3) is 0.875. The monoisotopic (exact) mass is 155 g/mol. The lowest BCUT2D eigenvalue weighted by molar-refractivity contribution is -0.134. The van der Waals surface area contributed by atoms with Gasteiger partial charge < -0.3 is 10.1 Å². The molecule has 2 saturated heterocycles. The van der Waals surface area contributed by atoms with E-state index in [4.69, 9.17) is 4.74 Å². The molecule has 2 fully saturated rings. The summed E-state index contributed by atoms with van der Waals surface area (Å²) in [5, 5.41) is 2.93. The Bertz CT molecular complexity index is 194. The number of carbonyl (C=O) groups excluding carboxylic acids is 1. The lowest BCUT2D eigenvalue weighted by Gasteiger charge is -2.41. The van der Waals surface area contributed by atoms with Gasteiger partial charge in [-0.2, -0.15) is 0 Å². The van der Waals surface area contributed by atoms with Crippen molar-refractivity contribution >= 4 is 5.91 Å². The molecule has 3 atom stereocenters. The van der Waals surface area contributed by atoms with Crippen molar-refractivity contribution in [2.45, 2.75) is 44.4 Å². The van der Waals surface area contributed by atoms with Gasteiger partial charge in [0, 0.05) is 0 Å². The summed E-state index contributed by atoms with van der Waals surface area (Å²) in [6.45, 7) is 4.08. The largest absolute Gasteiger partial charge is 0.373 e. The Morgan fingerprint density at radius 1 is 1.64 bits per heavy atom. The Hall–Kier alpha value is -0.570. The van der Waals surface area contributed by atoms with Gasteiger partial charge in [-0.3, -0.25) is 4.79 Å². The van der Waals surface area contributed by atoms with Gasteiger partial charge in [-0.25, -0.2) is 0 Å². The highest BCUT2D eigenvalue weighted by Crippen LogP contribution is 2.37. The number of hydrogen-bond donors (Lipinski definition) is 1. The van der Waals surface area contributed by atoms with Gasteiger partial charge >= 0.3 is 0 Å². The smallest absolute Gasteiger partial charge is 0.222 e. The van der Waals surface area contributed by atoms with Gasteiger partial charge in [-0.15, -0.1) is 0 Å². The van der Waals surface area contributed by atoms with Crippen LogP contribution in [-0.2, 0) is 9.53 Å². The van der Waals surface area contributed by atoms with E-state index < -0.39 is 0 Å². The van der Waals surface area contributed by atoms with E-state index >= 15 is 0 Å². The fourth-order valence-corrected chi connectivity index (χ4v) is 2.12. The first kappa shape index (κ1) is 7.10. The van der Waals surface area contributed by atoms with Crippen LogP contribution in [0.2, 0.25) is 0 Å². The molecule has 62 valence electrons. The van der Waals surface area contributed by atoms with Gasteiger partial charge in [0.2, 0.25) is 5.91 Å². The molecule has 2 rings (SSSR count). The lowest BCUT2D eigenvalue weighted by Crippen LogP contribution is -2.64. The Labute approximate surface area is 66.1 Å². The van der Waals surface area contributed by atoms with Crippen molar-refractivity contribution in [2.24, 2.45) is 0 Å². The normalized spacial score (nSPS) is 49.1. The summed E-state index contributed by atoms with van der Waals surface area (Å²) in [7, 11) is 0. The first-order valence-corrected chi connectivity index (χ1v) is 4.09. The number of rotatable bonds is 0. The van der Waals surface area contributed by atoms with Crippen molar-refractivity contribution in [1.29, 1.82) is 0 Å². The molecule has 3 heteroatoms. The van der Waals surface area contributed by atoms with Crippen molar-refractivity contribution in [2.75, 3.05) is 0 Å². The summed E-state index contributed by atoms with van der Waals surface area (Å²) in [4.78, 5) is 10.7. The van der Waals surface area contributed by atoms with Gasteiger partial charge in [-0.05, 0) is 20.3 Å². The molecule has 0 bridgehead atoms. The zero-order chi connectivity index (χ0) is 8.06. The molecule has 0 aromatic rings. The number of hydrogen-bond acceptors (Lipinski definition) is 2. The Balaban J connectivity index is 2.10. The van der Waals surface area contributed by atoms with Crippen LogP contribution in [0.4, 0.5) is 0 Å².